The molecule has 0 saturated heterocycles. The predicted molar refractivity (Wildman–Crippen MR) is 109 cm³/mol. The highest BCUT2D eigenvalue weighted by atomic mass is 35.5. The lowest BCUT2D eigenvalue weighted by Crippen LogP contribution is -2.18. The van der Waals surface area contributed by atoms with Crippen molar-refractivity contribution < 1.29 is 23.8 Å². The van der Waals surface area contributed by atoms with Gasteiger partial charge in [-0.2, -0.15) is 0 Å². The molecule has 1 saturated carbocycles. The van der Waals surface area contributed by atoms with Gasteiger partial charge in [-0.25, -0.2) is 13.6 Å². The van der Waals surface area contributed by atoms with Gasteiger partial charge < -0.3 is 10.2 Å². The quantitative estimate of drug-likeness (QED) is 0.597. The normalized spacial score (nSPS) is 24.3. The van der Waals surface area contributed by atoms with Gasteiger partial charge in [0.25, 0.3) is 0 Å². The monoisotopic (exact) mass is 420 g/mol. The summed E-state index contributed by atoms with van der Waals surface area (Å²) in [5.41, 5.74) is 1.74. The molecule has 1 aliphatic rings. The minimum Gasteiger partial charge on any atom is -0.478 e. The van der Waals surface area contributed by atoms with E-state index in [0.29, 0.717) is 12.0 Å². The number of carbonyl (C=O) groups is 1. The second kappa shape index (κ2) is 9.51. The summed E-state index contributed by atoms with van der Waals surface area (Å²) < 4.78 is 26.5. The van der Waals surface area contributed by atoms with Gasteiger partial charge in [-0.3, -0.25) is 0 Å². The lowest BCUT2D eigenvalue weighted by molar-refractivity contribution is 0.0696. The van der Waals surface area contributed by atoms with E-state index in [4.69, 9.17) is 16.7 Å². The number of aliphatic hydroxyl groups is 1. The van der Waals surface area contributed by atoms with E-state index >= 15 is 0 Å². The Morgan fingerprint density at radius 2 is 1.97 bits per heavy atom. The first-order valence-electron chi connectivity index (χ1n) is 9.63. The summed E-state index contributed by atoms with van der Waals surface area (Å²) in [6.07, 6.45) is 5.71. The Balaban J connectivity index is 1.63. The smallest absolute Gasteiger partial charge is 0.335 e. The van der Waals surface area contributed by atoms with Crippen LogP contribution >= 0.6 is 11.6 Å². The molecule has 0 amide bonds. The van der Waals surface area contributed by atoms with Gasteiger partial charge in [-0.1, -0.05) is 30.4 Å². The number of benzene rings is 2. The summed E-state index contributed by atoms with van der Waals surface area (Å²) in [5.74, 6) is -2.87. The molecule has 2 aromatic carbocycles. The van der Waals surface area contributed by atoms with Crippen molar-refractivity contribution >= 4 is 23.6 Å². The summed E-state index contributed by atoms with van der Waals surface area (Å²) in [5, 5.41) is 19.3. The number of carboxylic acids is 1. The van der Waals surface area contributed by atoms with Crippen molar-refractivity contribution in [2.75, 3.05) is 0 Å². The second-order valence-electron chi connectivity index (χ2n) is 7.49. The molecule has 0 aromatic heterocycles. The molecule has 2 N–H and O–H groups in total. The molecule has 3 rings (SSSR count). The Labute approximate surface area is 173 Å². The summed E-state index contributed by atoms with van der Waals surface area (Å²) in [6, 6.07) is 10.5. The fraction of sp³-hybridized carbons (Fsp3) is 0.348. The van der Waals surface area contributed by atoms with Gasteiger partial charge in [-0.05, 0) is 67.0 Å². The molecule has 1 aliphatic carbocycles. The van der Waals surface area contributed by atoms with Crippen molar-refractivity contribution in [1.29, 1.82) is 0 Å². The van der Waals surface area contributed by atoms with E-state index in [1.807, 2.05) is 12.1 Å². The topological polar surface area (TPSA) is 57.5 Å². The van der Waals surface area contributed by atoms with Gasteiger partial charge in [-0.15, -0.1) is 11.6 Å². The third-order valence-electron chi connectivity index (χ3n) is 5.50. The van der Waals surface area contributed by atoms with Crippen LogP contribution in [-0.2, 0) is 6.42 Å². The zero-order chi connectivity index (χ0) is 21.0. The Hall–Kier alpha value is -2.24. The largest absolute Gasteiger partial charge is 0.478 e. The summed E-state index contributed by atoms with van der Waals surface area (Å²) in [7, 11) is 0. The molecule has 0 heterocycles. The minimum atomic E-state index is -0.950. The van der Waals surface area contributed by atoms with Crippen molar-refractivity contribution in [1.82, 2.24) is 0 Å². The van der Waals surface area contributed by atoms with Gasteiger partial charge in [0.15, 0.2) is 11.6 Å². The molecule has 154 valence electrons. The third-order valence-corrected chi connectivity index (χ3v) is 6.00. The van der Waals surface area contributed by atoms with Crippen LogP contribution in [0.4, 0.5) is 8.78 Å². The van der Waals surface area contributed by atoms with Gasteiger partial charge in [0, 0.05) is 11.3 Å². The zero-order valence-electron chi connectivity index (χ0n) is 15.8. The minimum absolute atomic E-state index is 0.0517. The maximum absolute atomic E-state index is 13.4. The van der Waals surface area contributed by atoms with Crippen LogP contribution in [-0.4, -0.2) is 27.7 Å². The summed E-state index contributed by atoms with van der Waals surface area (Å²) in [4.78, 5) is 11.1. The van der Waals surface area contributed by atoms with Crippen molar-refractivity contribution in [3.8, 4) is 0 Å². The number of aliphatic hydroxyl groups excluding tert-OH is 1. The fourth-order valence-electron chi connectivity index (χ4n) is 3.97. The Morgan fingerprint density at radius 1 is 1.17 bits per heavy atom. The third kappa shape index (κ3) is 5.43. The number of hydrogen-bond donors (Lipinski definition) is 2. The highest BCUT2D eigenvalue weighted by molar-refractivity contribution is 6.21. The van der Waals surface area contributed by atoms with Crippen LogP contribution in [0.25, 0.3) is 6.08 Å². The molecular formula is C23H23ClF2O3. The number of carboxylic acid groups (broad SMARTS) is 1. The molecule has 0 aliphatic heterocycles. The first-order valence-corrected chi connectivity index (χ1v) is 10.1. The number of alkyl halides is 1. The van der Waals surface area contributed by atoms with E-state index in [1.165, 1.54) is 6.07 Å². The molecule has 2 aromatic rings. The van der Waals surface area contributed by atoms with Gasteiger partial charge in [0.05, 0.1) is 11.7 Å². The van der Waals surface area contributed by atoms with Crippen LogP contribution in [0.15, 0.2) is 48.5 Å². The molecule has 3 nitrogen and oxygen atoms in total. The number of aryl methyl sites for hydroxylation is 1. The van der Waals surface area contributed by atoms with Gasteiger partial charge >= 0.3 is 5.97 Å². The summed E-state index contributed by atoms with van der Waals surface area (Å²) >= 11 is 6.46. The number of halogens is 3. The first kappa shape index (κ1) is 21.5. The van der Waals surface area contributed by atoms with Crippen LogP contribution in [0, 0.1) is 23.5 Å². The molecule has 29 heavy (non-hydrogen) atoms. The molecule has 4 atom stereocenters. The molecular weight excluding hydrogens is 398 g/mol. The van der Waals surface area contributed by atoms with Gasteiger partial charge in [0.2, 0.25) is 0 Å². The molecule has 0 unspecified atom stereocenters. The summed E-state index contributed by atoms with van der Waals surface area (Å²) in [6.45, 7) is 0. The molecule has 0 spiro atoms. The van der Waals surface area contributed by atoms with E-state index in [-0.39, 0.29) is 22.8 Å². The van der Waals surface area contributed by atoms with E-state index in [0.717, 1.165) is 37.0 Å². The van der Waals surface area contributed by atoms with Crippen molar-refractivity contribution in [2.24, 2.45) is 11.8 Å². The number of hydrogen-bond acceptors (Lipinski definition) is 2. The maximum atomic E-state index is 13.4. The van der Waals surface area contributed by atoms with Crippen LogP contribution in [0.1, 0.15) is 40.7 Å². The highest BCUT2D eigenvalue weighted by Crippen LogP contribution is 2.40. The molecule has 0 bridgehead atoms. The molecule has 6 heteroatoms. The SMILES string of the molecule is O=C(O)c1cccc(CCC[C@@H]2[C@@H](/C=C\c3ccc(F)c(F)c3)[C@H](O)C[C@H]2Cl)c1. The van der Waals surface area contributed by atoms with Crippen LogP contribution in [0.3, 0.4) is 0 Å². The Morgan fingerprint density at radius 3 is 2.69 bits per heavy atom. The Bertz CT molecular complexity index is 899. The van der Waals surface area contributed by atoms with E-state index in [9.17, 15) is 18.7 Å². The van der Waals surface area contributed by atoms with E-state index in [2.05, 4.69) is 0 Å². The Kier molecular flexibility index (Phi) is 7.04. The standard InChI is InChI=1S/C23H23ClF2O3/c24-19-13-22(27)18(9-7-15-8-10-20(25)21(26)12-15)17(19)6-2-4-14-3-1-5-16(11-14)23(28)29/h1,3,5,7-12,17-19,22,27H,2,4,6,13H2,(H,28,29)/b9-7-/t17-,18-,19-,22-/m1/s1. The molecule has 1 fully saturated rings. The average Bonchev–Trinajstić information content (AvgIpc) is 2.95. The maximum Gasteiger partial charge on any atom is 0.335 e. The van der Waals surface area contributed by atoms with Crippen molar-refractivity contribution in [3.63, 3.8) is 0 Å². The van der Waals surface area contributed by atoms with Crippen molar-refractivity contribution in [2.45, 2.75) is 37.2 Å². The van der Waals surface area contributed by atoms with E-state index in [1.54, 1.807) is 24.3 Å². The van der Waals surface area contributed by atoms with Crippen LogP contribution in [0.2, 0.25) is 0 Å². The average molecular weight is 421 g/mol. The number of aromatic carboxylic acids is 1. The van der Waals surface area contributed by atoms with Crippen molar-refractivity contribution in [3.05, 3.63) is 76.9 Å². The second-order valence-corrected chi connectivity index (χ2v) is 8.05. The lowest BCUT2D eigenvalue weighted by Gasteiger charge is -2.20. The van der Waals surface area contributed by atoms with E-state index < -0.39 is 23.7 Å². The van der Waals surface area contributed by atoms with Gasteiger partial charge in [0.1, 0.15) is 0 Å². The zero-order valence-corrected chi connectivity index (χ0v) is 16.5. The molecule has 0 radical (unpaired) electrons. The fourth-order valence-corrected chi connectivity index (χ4v) is 4.45. The van der Waals surface area contributed by atoms with Crippen LogP contribution < -0.4 is 0 Å². The highest BCUT2D eigenvalue weighted by Gasteiger charge is 2.39. The first-order chi connectivity index (χ1) is 13.8. The number of rotatable bonds is 7. The lowest BCUT2D eigenvalue weighted by atomic mass is 9.88. The van der Waals surface area contributed by atoms with Crippen LogP contribution in [0.5, 0.6) is 0 Å². The predicted octanol–water partition coefficient (Wildman–Crippen LogP) is 5.30.